The highest BCUT2D eigenvalue weighted by Crippen LogP contribution is 2.70. The van der Waals surface area contributed by atoms with Crippen LogP contribution in [0.5, 0.6) is 0 Å². The number of rotatable bonds is 10. The topological polar surface area (TPSA) is 115 Å². The van der Waals surface area contributed by atoms with E-state index in [9.17, 15) is 4.79 Å². The van der Waals surface area contributed by atoms with Crippen LogP contribution in [-0.4, -0.2) is 28.4 Å². The average Bonchev–Trinajstić information content (AvgIpc) is 3.37. The highest BCUT2D eigenvalue weighted by molar-refractivity contribution is 6.27. The summed E-state index contributed by atoms with van der Waals surface area (Å²) in [5.74, 6) is 1.70. The molecule has 1 amide bonds. The maximum atomic E-state index is 12.3. The summed E-state index contributed by atoms with van der Waals surface area (Å²) in [6.07, 6.45) is 6.61. The molecule has 0 aliphatic heterocycles. The Morgan fingerprint density at radius 1 is 1.31 bits per heavy atom. The Kier molecular flexibility index (Phi) is 6.92. The van der Waals surface area contributed by atoms with Crippen LogP contribution in [0, 0.1) is 5.41 Å². The number of nitrogens with two attached hydrogens (primary N) is 1. The van der Waals surface area contributed by atoms with Crippen molar-refractivity contribution >= 4 is 17.4 Å². The second kappa shape index (κ2) is 9.76. The van der Waals surface area contributed by atoms with Gasteiger partial charge in [-0.05, 0) is 64.9 Å². The number of nitrogens with zero attached hydrogens (tertiary/aromatic N) is 2. The first-order valence-corrected chi connectivity index (χ1v) is 12.4. The molecule has 2 aliphatic carbocycles. The molecule has 4 N–H and O–H groups in total. The van der Waals surface area contributed by atoms with Gasteiger partial charge in [0.25, 0.3) is 5.91 Å². The average molecular weight is 480 g/mol. The van der Waals surface area contributed by atoms with Crippen molar-refractivity contribution in [1.29, 1.82) is 0 Å². The van der Waals surface area contributed by atoms with Crippen molar-refractivity contribution < 1.29 is 14.1 Å². The second-order valence-electron chi connectivity index (χ2n) is 11.0. The number of anilines is 1. The van der Waals surface area contributed by atoms with Gasteiger partial charge in [-0.15, -0.1) is 0 Å². The molecule has 1 atom stereocenters. The van der Waals surface area contributed by atoms with Gasteiger partial charge in [-0.3, -0.25) is 4.79 Å². The van der Waals surface area contributed by atoms with Gasteiger partial charge in [0.2, 0.25) is 0 Å². The van der Waals surface area contributed by atoms with Crippen molar-refractivity contribution in [3.63, 3.8) is 0 Å². The van der Waals surface area contributed by atoms with E-state index in [4.69, 9.17) is 15.0 Å². The van der Waals surface area contributed by atoms with E-state index in [-0.39, 0.29) is 11.6 Å². The van der Waals surface area contributed by atoms with E-state index in [1.807, 2.05) is 65.0 Å². The Morgan fingerprint density at radius 2 is 2.03 bits per heavy atom. The van der Waals surface area contributed by atoms with Crippen LogP contribution in [0.15, 0.2) is 51.8 Å². The van der Waals surface area contributed by atoms with Crippen LogP contribution < -0.4 is 16.5 Å². The molecule has 8 nitrogen and oxygen atoms in total. The molecule has 8 heteroatoms. The number of amides is 1. The Morgan fingerprint density at radius 3 is 2.57 bits per heavy atom. The minimum atomic E-state index is -0.606. The third-order valence-corrected chi connectivity index (χ3v) is 6.60. The van der Waals surface area contributed by atoms with Gasteiger partial charge >= 0.3 is 0 Å². The Hall–Kier alpha value is -3.29. The molecular formula is C27H37N5O3. The number of carbonyl (C=O) groups is 1. The van der Waals surface area contributed by atoms with Crippen molar-refractivity contribution in [3.8, 4) is 0 Å². The fourth-order valence-electron chi connectivity index (χ4n) is 4.38. The van der Waals surface area contributed by atoms with E-state index < -0.39 is 11.5 Å². The summed E-state index contributed by atoms with van der Waals surface area (Å²) in [6.45, 7) is 10.3. The minimum Gasteiger partial charge on any atom is -0.495 e. The molecule has 2 saturated carbocycles. The zero-order valence-electron chi connectivity index (χ0n) is 21.4. The summed E-state index contributed by atoms with van der Waals surface area (Å²) < 4.78 is 11.3. The molecule has 188 valence electrons. The van der Waals surface area contributed by atoms with Gasteiger partial charge < -0.3 is 25.7 Å². The third-order valence-electron chi connectivity index (χ3n) is 6.60. The van der Waals surface area contributed by atoms with Gasteiger partial charge in [0.05, 0.1) is 11.9 Å². The molecule has 2 aliphatic rings. The highest BCUT2D eigenvalue weighted by atomic mass is 16.5. The van der Waals surface area contributed by atoms with Gasteiger partial charge in [0.1, 0.15) is 17.0 Å². The largest absolute Gasteiger partial charge is 0.495 e. The standard InChI is InChI=1S/C27H37N5O3/c1-17(2)30-31-24(20(25(28)33)16-34-26(3,4)5)19-9-7-18(8-10-19)15-29-23-13-22(35-32-23)21-14-27(21)11-6-12-27/h7-10,13,16-17,21,30H,6,11-12,14-15H2,1-5H3,(H2,28,33)(H,29,32)/b20-16-,31-24-. The van der Waals surface area contributed by atoms with E-state index in [1.165, 1.54) is 31.9 Å². The zero-order valence-corrected chi connectivity index (χ0v) is 21.4. The quantitative estimate of drug-likeness (QED) is 0.195. The van der Waals surface area contributed by atoms with Crippen molar-refractivity contribution in [3.05, 3.63) is 59.1 Å². The summed E-state index contributed by atoms with van der Waals surface area (Å²) >= 11 is 0. The predicted molar refractivity (Wildman–Crippen MR) is 137 cm³/mol. The van der Waals surface area contributed by atoms with Crippen molar-refractivity contribution in [2.75, 3.05) is 5.32 Å². The molecule has 0 bridgehead atoms. The van der Waals surface area contributed by atoms with E-state index in [0.717, 1.165) is 22.7 Å². The molecule has 1 aromatic carbocycles. The zero-order chi connectivity index (χ0) is 25.2. The highest BCUT2D eigenvalue weighted by Gasteiger charge is 2.59. The maximum absolute atomic E-state index is 12.3. The number of hydrogen-bond donors (Lipinski definition) is 3. The summed E-state index contributed by atoms with van der Waals surface area (Å²) in [7, 11) is 0. The van der Waals surface area contributed by atoms with Crippen LogP contribution in [-0.2, 0) is 16.1 Å². The number of hydrogen-bond acceptors (Lipinski definition) is 7. The molecule has 1 heterocycles. The van der Waals surface area contributed by atoms with E-state index in [2.05, 4.69) is 21.0 Å². The van der Waals surface area contributed by atoms with Crippen LogP contribution >= 0.6 is 0 Å². The van der Waals surface area contributed by atoms with E-state index in [1.54, 1.807) is 0 Å². The molecule has 4 rings (SSSR count). The molecule has 35 heavy (non-hydrogen) atoms. The molecule has 2 aromatic rings. The predicted octanol–water partition coefficient (Wildman–Crippen LogP) is 4.83. The van der Waals surface area contributed by atoms with Gasteiger partial charge in [-0.2, -0.15) is 5.10 Å². The maximum Gasteiger partial charge on any atom is 0.254 e. The molecule has 1 unspecified atom stereocenters. The van der Waals surface area contributed by atoms with Crippen LogP contribution in [0.2, 0.25) is 0 Å². The van der Waals surface area contributed by atoms with Crippen molar-refractivity contribution in [2.24, 2.45) is 16.3 Å². The SMILES string of the molecule is CC(C)N/N=C(\C(=C\OC(C)(C)C)C(N)=O)c1ccc(CNc2cc(C3CC34CCC4)on2)cc1. The Labute approximate surface area is 207 Å². The summed E-state index contributed by atoms with van der Waals surface area (Å²) in [5, 5.41) is 12.0. The van der Waals surface area contributed by atoms with Crippen molar-refractivity contribution in [1.82, 2.24) is 10.6 Å². The van der Waals surface area contributed by atoms with Gasteiger partial charge in [-0.25, -0.2) is 0 Å². The van der Waals surface area contributed by atoms with E-state index >= 15 is 0 Å². The number of primary amides is 1. The first kappa shape index (κ1) is 24.8. The van der Waals surface area contributed by atoms with Crippen LogP contribution in [0.3, 0.4) is 0 Å². The fraction of sp³-hybridized carbons (Fsp3) is 0.519. The van der Waals surface area contributed by atoms with Crippen LogP contribution in [0.1, 0.15) is 83.1 Å². The van der Waals surface area contributed by atoms with Crippen LogP contribution in [0.4, 0.5) is 5.82 Å². The van der Waals surface area contributed by atoms with Crippen LogP contribution in [0.25, 0.3) is 0 Å². The van der Waals surface area contributed by atoms with Gasteiger partial charge in [0.15, 0.2) is 5.82 Å². The summed E-state index contributed by atoms with van der Waals surface area (Å²) in [6, 6.07) is 9.94. The lowest BCUT2D eigenvalue weighted by Gasteiger charge is -2.25. The monoisotopic (exact) mass is 479 g/mol. The summed E-state index contributed by atoms with van der Waals surface area (Å²) in [5.41, 5.74) is 11.2. The molecular weight excluding hydrogens is 442 g/mol. The van der Waals surface area contributed by atoms with Crippen molar-refractivity contribution in [2.45, 2.75) is 84.4 Å². The van der Waals surface area contributed by atoms with E-state index in [0.29, 0.717) is 23.6 Å². The number of carbonyl (C=O) groups excluding carboxylic acids is 1. The third kappa shape index (κ3) is 6.05. The first-order valence-electron chi connectivity index (χ1n) is 12.4. The van der Waals surface area contributed by atoms with Gasteiger partial charge in [0, 0.05) is 30.1 Å². The number of aromatic nitrogens is 1. The number of hydrazone groups is 1. The molecule has 2 fully saturated rings. The first-order chi connectivity index (χ1) is 16.6. The number of benzene rings is 1. The molecule has 1 spiro atoms. The second-order valence-corrected chi connectivity index (χ2v) is 11.0. The number of ether oxygens (including phenoxy) is 1. The fourth-order valence-corrected chi connectivity index (χ4v) is 4.38. The molecule has 0 radical (unpaired) electrons. The smallest absolute Gasteiger partial charge is 0.254 e. The Balaban J connectivity index is 1.44. The normalized spacial score (nSPS) is 19.4. The lowest BCUT2D eigenvalue weighted by atomic mass is 9.79. The Bertz CT molecular complexity index is 1100. The minimum absolute atomic E-state index is 0.0910. The lowest BCUT2D eigenvalue weighted by molar-refractivity contribution is -0.114. The summed E-state index contributed by atoms with van der Waals surface area (Å²) in [4.78, 5) is 12.3. The molecule has 1 aromatic heterocycles. The lowest BCUT2D eigenvalue weighted by Crippen LogP contribution is -2.27. The number of nitrogens with one attached hydrogen (secondary N) is 2. The molecule has 0 saturated heterocycles. The van der Waals surface area contributed by atoms with Gasteiger partial charge in [-0.1, -0.05) is 35.8 Å².